The number of benzene rings is 1. The third kappa shape index (κ3) is 3.65. The molecule has 2 N–H and O–H groups in total. The summed E-state index contributed by atoms with van der Waals surface area (Å²) >= 11 is 0. The normalized spacial score (nSPS) is 23.0. The standard InChI is InChI=1S/C18H28N2O/c1-4-11-18(12-6-13-19-18)17(21)20-16-9-7-15(8-10-16)14(3)5-2/h7-10,14,19H,4-6,11-13H2,1-3H3,(H,20,21). The van der Waals surface area contributed by atoms with Crippen LogP contribution in [0.15, 0.2) is 24.3 Å². The van der Waals surface area contributed by atoms with E-state index in [4.69, 9.17) is 0 Å². The SMILES string of the molecule is CCCC1(C(=O)Nc2ccc(C(C)CC)cc2)CCCN1. The van der Waals surface area contributed by atoms with Crippen molar-refractivity contribution in [2.45, 2.75) is 64.3 Å². The van der Waals surface area contributed by atoms with Crippen LogP contribution in [0.4, 0.5) is 5.69 Å². The fraction of sp³-hybridized carbons (Fsp3) is 0.611. The van der Waals surface area contributed by atoms with E-state index in [1.165, 1.54) is 5.56 Å². The van der Waals surface area contributed by atoms with Crippen molar-refractivity contribution in [1.29, 1.82) is 0 Å². The van der Waals surface area contributed by atoms with Crippen LogP contribution in [-0.4, -0.2) is 18.0 Å². The van der Waals surface area contributed by atoms with Crippen LogP contribution < -0.4 is 10.6 Å². The van der Waals surface area contributed by atoms with Crippen LogP contribution in [0.3, 0.4) is 0 Å². The number of carbonyl (C=O) groups is 1. The minimum atomic E-state index is -0.357. The van der Waals surface area contributed by atoms with Gasteiger partial charge in [0.05, 0.1) is 5.54 Å². The summed E-state index contributed by atoms with van der Waals surface area (Å²) in [5.41, 5.74) is 1.87. The lowest BCUT2D eigenvalue weighted by Gasteiger charge is -2.28. The zero-order valence-electron chi connectivity index (χ0n) is 13.5. The van der Waals surface area contributed by atoms with E-state index >= 15 is 0 Å². The monoisotopic (exact) mass is 288 g/mol. The Morgan fingerprint density at radius 2 is 2.05 bits per heavy atom. The maximum atomic E-state index is 12.6. The summed E-state index contributed by atoms with van der Waals surface area (Å²) in [4.78, 5) is 12.6. The van der Waals surface area contributed by atoms with E-state index in [1.54, 1.807) is 0 Å². The quantitative estimate of drug-likeness (QED) is 0.828. The number of hydrogen-bond acceptors (Lipinski definition) is 2. The molecule has 0 aromatic heterocycles. The van der Waals surface area contributed by atoms with E-state index in [9.17, 15) is 4.79 Å². The number of amides is 1. The Labute approximate surface area is 128 Å². The largest absolute Gasteiger partial charge is 0.324 e. The molecule has 2 rings (SSSR count). The highest BCUT2D eigenvalue weighted by Gasteiger charge is 2.39. The first-order valence-electron chi connectivity index (χ1n) is 8.27. The van der Waals surface area contributed by atoms with Crippen molar-refractivity contribution in [1.82, 2.24) is 5.32 Å². The minimum absolute atomic E-state index is 0.123. The average molecular weight is 288 g/mol. The smallest absolute Gasteiger partial charge is 0.244 e. The van der Waals surface area contributed by atoms with Crippen LogP contribution in [-0.2, 0) is 4.79 Å². The highest BCUT2D eigenvalue weighted by molar-refractivity contribution is 5.98. The summed E-state index contributed by atoms with van der Waals surface area (Å²) in [6.07, 6.45) is 5.09. The van der Waals surface area contributed by atoms with Crippen LogP contribution in [0.2, 0.25) is 0 Å². The van der Waals surface area contributed by atoms with Gasteiger partial charge in [0.2, 0.25) is 5.91 Å². The molecule has 0 aliphatic carbocycles. The second-order valence-corrected chi connectivity index (χ2v) is 6.25. The van der Waals surface area contributed by atoms with Gasteiger partial charge >= 0.3 is 0 Å². The highest BCUT2D eigenvalue weighted by Crippen LogP contribution is 2.27. The molecule has 1 aromatic carbocycles. The van der Waals surface area contributed by atoms with E-state index in [0.717, 1.165) is 44.3 Å². The van der Waals surface area contributed by atoms with Gasteiger partial charge in [-0.3, -0.25) is 4.79 Å². The van der Waals surface area contributed by atoms with Gasteiger partial charge < -0.3 is 10.6 Å². The molecule has 1 aromatic rings. The molecule has 2 atom stereocenters. The maximum Gasteiger partial charge on any atom is 0.244 e. The molecule has 0 bridgehead atoms. The summed E-state index contributed by atoms with van der Waals surface area (Å²) in [7, 11) is 0. The molecule has 1 aliphatic rings. The van der Waals surface area contributed by atoms with Crippen LogP contribution in [0.5, 0.6) is 0 Å². The molecule has 0 radical (unpaired) electrons. The third-order valence-corrected chi connectivity index (χ3v) is 4.71. The molecule has 3 nitrogen and oxygen atoms in total. The first-order chi connectivity index (χ1) is 10.1. The lowest BCUT2D eigenvalue weighted by molar-refractivity contribution is -0.122. The van der Waals surface area contributed by atoms with Crippen molar-refractivity contribution in [3.8, 4) is 0 Å². The molecule has 3 heteroatoms. The Hall–Kier alpha value is -1.35. The Morgan fingerprint density at radius 1 is 1.33 bits per heavy atom. The number of carbonyl (C=O) groups excluding carboxylic acids is 1. The number of rotatable bonds is 6. The fourth-order valence-corrected chi connectivity index (χ4v) is 3.14. The van der Waals surface area contributed by atoms with E-state index in [2.05, 4.69) is 43.5 Å². The summed E-state index contributed by atoms with van der Waals surface area (Å²) in [6.45, 7) is 7.50. The van der Waals surface area contributed by atoms with Crippen LogP contribution >= 0.6 is 0 Å². The fourth-order valence-electron chi connectivity index (χ4n) is 3.14. The summed E-state index contributed by atoms with van der Waals surface area (Å²) in [5, 5.41) is 6.51. The maximum absolute atomic E-state index is 12.6. The first-order valence-corrected chi connectivity index (χ1v) is 8.27. The zero-order chi connectivity index (χ0) is 15.3. The minimum Gasteiger partial charge on any atom is -0.324 e. The van der Waals surface area contributed by atoms with Gasteiger partial charge in [0.25, 0.3) is 0 Å². The summed E-state index contributed by atoms with van der Waals surface area (Å²) in [6, 6.07) is 8.29. The topological polar surface area (TPSA) is 41.1 Å². The van der Waals surface area contributed by atoms with E-state index in [0.29, 0.717) is 5.92 Å². The number of anilines is 1. The predicted molar refractivity (Wildman–Crippen MR) is 88.7 cm³/mol. The Bertz CT molecular complexity index is 461. The Morgan fingerprint density at radius 3 is 2.57 bits per heavy atom. The molecule has 2 unspecified atom stereocenters. The third-order valence-electron chi connectivity index (χ3n) is 4.71. The zero-order valence-corrected chi connectivity index (χ0v) is 13.5. The van der Waals surface area contributed by atoms with E-state index in [-0.39, 0.29) is 11.4 Å². The van der Waals surface area contributed by atoms with Gasteiger partial charge in [0.15, 0.2) is 0 Å². The number of hydrogen-bond donors (Lipinski definition) is 2. The molecule has 1 amide bonds. The molecule has 0 spiro atoms. The molecule has 1 fully saturated rings. The predicted octanol–water partition coefficient (Wildman–Crippen LogP) is 4.06. The van der Waals surface area contributed by atoms with E-state index in [1.807, 2.05) is 12.1 Å². The lowest BCUT2D eigenvalue weighted by atomic mass is 9.90. The molecule has 1 saturated heterocycles. The molecule has 0 saturated carbocycles. The molecular formula is C18H28N2O. The highest BCUT2D eigenvalue weighted by atomic mass is 16.2. The second kappa shape index (κ2) is 7.08. The van der Waals surface area contributed by atoms with Crippen molar-refractivity contribution >= 4 is 11.6 Å². The molecule has 21 heavy (non-hydrogen) atoms. The molecule has 1 heterocycles. The van der Waals surface area contributed by atoms with Gasteiger partial charge in [-0.2, -0.15) is 0 Å². The summed E-state index contributed by atoms with van der Waals surface area (Å²) < 4.78 is 0. The van der Waals surface area contributed by atoms with Crippen molar-refractivity contribution in [2.24, 2.45) is 0 Å². The lowest BCUT2D eigenvalue weighted by Crippen LogP contribution is -2.50. The van der Waals surface area contributed by atoms with Crippen molar-refractivity contribution in [2.75, 3.05) is 11.9 Å². The second-order valence-electron chi connectivity index (χ2n) is 6.25. The first kappa shape index (κ1) is 16.0. The van der Waals surface area contributed by atoms with Gasteiger partial charge in [-0.25, -0.2) is 0 Å². The molecule has 116 valence electrons. The average Bonchev–Trinajstić information content (AvgIpc) is 2.97. The van der Waals surface area contributed by atoms with Crippen LogP contribution in [0.25, 0.3) is 0 Å². The molecule has 1 aliphatic heterocycles. The van der Waals surface area contributed by atoms with E-state index < -0.39 is 0 Å². The van der Waals surface area contributed by atoms with Crippen molar-refractivity contribution in [3.63, 3.8) is 0 Å². The van der Waals surface area contributed by atoms with Crippen molar-refractivity contribution in [3.05, 3.63) is 29.8 Å². The van der Waals surface area contributed by atoms with Crippen molar-refractivity contribution < 1.29 is 4.79 Å². The Kier molecular flexibility index (Phi) is 5.40. The van der Waals surface area contributed by atoms with Crippen LogP contribution in [0.1, 0.15) is 64.4 Å². The van der Waals surface area contributed by atoms with Gasteiger partial charge in [-0.15, -0.1) is 0 Å². The van der Waals surface area contributed by atoms with Gasteiger partial charge in [-0.05, 0) is 55.8 Å². The molecular weight excluding hydrogens is 260 g/mol. The van der Waals surface area contributed by atoms with Crippen LogP contribution in [0, 0.1) is 0 Å². The van der Waals surface area contributed by atoms with Gasteiger partial charge in [0, 0.05) is 5.69 Å². The summed E-state index contributed by atoms with van der Waals surface area (Å²) in [5.74, 6) is 0.691. The Balaban J connectivity index is 2.05. The van der Waals surface area contributed by atoms with Gasteiger partial charge in [-0.1, -0.05) is 39.3 Å². The number of nitrogens with one attached hydrogen (secondary N) is 2. The van der Waals surface area contributed by atoms with Gasteiger partial charge in [0.1, 0.15) is 0 Å².